The number of H-pyrrole nitrogens is 2. The van der Waals surface area contributed by atoms with E-state index < -0.39 is 17.2 Å². The molecule has 0 aliphatic carbocycles. The van der Waals surface area contributed by atoms with Crippen molar-refractivity contribution in [2.45, 2.75) is 29.4 Å². The van der Waals surface area contributed by atoms with Crippen LogP contribution in [-0.4, -0.2) is 79.7 Å². The molecular formula is C60H41F4N17O6S. The Hall–Kier alpha value is -11.9. The van der Waals surface area contributed by atoms with E-state index in [-0.39, 0.29) is 59.7 Å². The van der Waals surface area contributed by atoms with Crippen LogP contribution < -0.4 is 16.9 Å². The summed E-state index contributed by atoms with van der Waals surface area (Å²) in [5.41, 5.74) is 10.8. The molecule has 14 aromatic rings. The van der Waals surface area contributed by atoms with Crippen molar-refractivity contribution < 1.29 is 35.5 Å². The summed E-state index contributed by atoms with van der Waals surface area (Å²) in [5.74, 6) is -1.18. The Morgan fingerprint density at radius 3 is 1.52 bits per heavy atom. The lowest BCUT2D eigenvalue weighted by Crippen LogP contribution is -2.12. The molecule has 0 atom stereocenters. The van der Waals surface area contributed by atoms with Gasteiger partial charge in [-0.15, -0.1) is 0 Å². The summed E-state index contributed by atoms with van der Waals surface area (Å²) >= 11 is 1.33. The van der Waals surface area contributed by atoms with Crippen molar-refractivity contribution in [3.63, 3.8) is 0 Å². The van der Waals surface area contributed by atoms with E-state index in [4.69, 9.17) is 23.7 Å². The maximum Gasteiger partial charge on any atom is 0.265 e. The monoisotopic (exact) mass is 1200 g/mol. The van der Waals surface area contributed by atoms with E-state index in [1.165, 1.54) is 90.5 Å². The number of aromatic amines is 2. The Bertz CT molecular complexity index is 4780. The van der Waals surface area contributed by atoms with Crippen LogP contribution in [0.25, 0.3) is 80.2 Å². The minimum atomic E-state index is -0.921. The number of hydrogen-bond donors (Lipinski definition) is 3. The molecule has 0 amide bonds. The van der Waals surface area contributed by atoms with Gasteiger partial charge in [-0.25, -0.2) is 42.5 Å². The van der Waals surface area contributed by atoms with Crippen LogP contribution in [0.4, 0.5) is 23.4 Å². The van der Waals surface area contributed by atoms with Crippen molar-refractivity contribution >= 4 is 17.6 Å². The first-order valence-electron chi connectivity index (χ1n) is 26.2. The van der Waals surface area contributed by atoms with Crippen LogP contribution in [0, 0.1) is 23.3 Å². The van der Waals surface area contributed by atoms with Crippen molar-refractivity contribution in [1.29, 1.82) is 0 Å². The lowest BCUT2D eigenvalue weighted by molar-refractivity contribution is 0.421. The first-order valence-corrected chi connectivity index (χ1v) is 27.1. The van der Waals surface area contributed by atoms with Crippen LogP contribution in [0.2, 0.25) is 0 Å². The first-order chi connectivity index (χ1) is 43.0. The lowest BCUT2D eigenvalue weighted by Gasteiger charge is -2.07. The fourth-order valence-electron chi connectivity index (χ4n) is 8.74. The minimum absolute atomic E-state index is 0.00585. The predicted octanol–water partition coefficient (Wildman–Crippen LogP) is 10.7. The van der Waals surface area contributed by atoms with E-state index in [1.807, 2.05) is 30.3 Å². The number of nitrogens with zero attached hydrogens (tertiary/aromatic N) is 14. The molecular weight excluding hydrogens is 1160 g/mol. The third-order valence-corrected chi connectivity index (χ3v) is 14.0. The largest absolute Gasteiger partial charge is 0.444 e. The Labute approximate surface area is 496 Å². The minimum Gasteiger partial charge on any atom is -0.444 e. The number of anilines is 1. The quantitative estimate of drug-likeness (QED) is 0.0803. The Kier molecular flexibility index (Phi) is 16.4. The number of halogens is 4. The number of nitrogens with two attached hydrogens (primary N) is 1. The highest BCUT2D eigenvalue weighted by Crippen LogP contribution is 2.30. The number of oxazole rings is 1. The second-order valence-electron chi connectivity index (χ2n) is 18.7. The van der Waals surface area contributed by atoms with E-state index in [0.717, 1.165) is 11.0 Å². The van der Waals surface area contributed by atoms with Crippen molar-refractivity contribution in [3.05, 3.63) is 250 Å². The van der Waals surface area contributed by atoms with E-state index in [9.17, 15) is 27.2 Å². The summed E-state index contributed by atoms with van der Waals surface area (Å²) in [4.78, 5) is 52.9. The number of rotatable bonds is 15. The molecule has 0 spiro atoms. The van der Waals surface area contributed by atoms with Gasteiger partial charge in [0.1, 0.15) is 82.2 Å². The molecule has 0 fully saturated rings. The SMILES string of the molecule is Nc1ccnc(-c2cc(-c3ccon3)n(Cc3cccc(F)c3F)n2)n1.O=c1[nH]c(-c2cc(-c3ccon3)n(Cc3ccccc3F)n2)ncc1-c1ncco1.O=c1[nH]c(-c2cc(-c3ccon3)n(Cc3ccccc3F)n2)ncc1Sc1ccccc1. The molecule has 0 bridgehead atoms. The van der Waals surface area contributed by atoms with E-state index in [0.29, 0.717) is 84.7 Å². The highest BCUT2D eigenvalue weighted by Gasteiger charge is 2.22. The van der Waals surface area contributed by atoms with Crippen LogP contribution in [0.3, 0.4) is 0 Å². The van der Waals surface area contributed by atoms with Crippen molar-refractivity contribution in [1.82, 2.24) is 79.7 Å². The summed E-state index contributed by atoms with van der Waals surface area (Å²) in [7, 11) is 0. The van der Waals surface area contributed by atoms with E-state index >= 15 is 0 Å². The first kappa shape index (κ1) is 56.5. The molecule has 28 heteroatoms. The summed E-state index contributed by atoms with van der Waals surface area (Å²) in [6, 6.07) is 38.2. The van der Waals surface area contributed by atoms with Gasteiger partial charge in [-0.05, 0) is 54.6 Å². The zero-order valence-electron chi connectivity index (χ0n) is 45.2. The van der Waals surface area contributed by atoms with Gasteiger partial charge in [-0.3, -0.25) is 23.6 Å². The summed E-state index contributed by atoms with van der Waals surface area (Å²) in [6.45, 7) is 0.336. The fourth-order valence-corrected chi connectivity index (χ4v) is 9.54. The number of benzene rings is 4. The molecule has 10 aromatic heterocycles. The van der Waals surface area contributed by atoms with Gasteiger partial charge in [0.15, 0.2) is 29.1 Å². The van der Waals surface area contributed by atoms with Gasteiger partial charge in [0.25, 0.3) is 11.1 Å². The molecule has 88 heavy (non-hydrogen) atoms. The summed E-state index contributed by atoms with van der Waals surface area (Å²) in [5, 5.41) is 25.3. The zero-order valence-corrected chi connectivity index (χ0v) is 46.0. The van der Waals surface area contributed by atoms with Gasteiger partial charge in [-0.1, -0.05) is 94.0 Å². The Morgan fingerprint density at radius 2 is 1.00 bits per heavy atom. The topological polar surface area (TPSA) is 301 Å². The second-order valence-corrected chi connectivity index (χ2v) is 19.8. The molecule has 14 rings (SSSR count). The van der Waals surface area contributed by atoms with Crippen LogP contribution in [0.1, 0.15) is 16.7 Å². The Morgan fingerprint density at radius 1 is 0.489 bits per heavy atom. The van der Waals surface area contributed by atoms with E-state index in [1.54, 1.807) is 88.2 Å². The van der Waals surface area contributed by atoms with Crippen molar-refractivity contribution in [2.24, 2.45) is 0 Å². The maximum absolute atomic E-state index is 14.2. The van der Waals surface area contributed by atoms with Crippen LogP contribution in [-0.2, 0) is 19.6 Å². The molecule has 0 aliphatic heterocycles. The Balaban J connectivity index is 0.000000129. The third kappa shape index (κ3) is 12.8. The molecule has 23 nitrogen and oxygen atoms in total. The average molecular weight is 1200 g/mol. The smallest absolute Gasteiger partial charge is 0.265 e. The van der Waals surface area contributed by atoms with Crippen LogP contribution >= 0.6 is 11.8 Å². The van der Waals surface area contributed by atoms with E-state index in [2.05, 4.69) is 65.7 Å². The van der Waals surface area contributed by atoms with Crippen molar-refractivity contribution in [3.8, 4) is 80.2 Å². The van der Waals surface area contributed by atoms with Crippen LogP contribution in [0.15, 0.2) is 227 Å². The van der Waals surface area contributed by atoms with Gasteiger partial charge >= 0.3 is 0 Å². The van der Waals surface area contributed by atoms with Gasteiger partial charge in [0.2, 0.25) is 5.89 Å². The molecule has 436 valence electrons. The van der Waals surface area contributed by atoms with Gasteiger partial charge < -0.3 is 33.7 Å². The maximum atomic E-state index is 14.2. The number of nitrogen functional groups attached to an aromatic ring is 1. The summed E-state index contributed by atoms with van der Waals surface area (Å²) in [6.07, 6.45) is 11.5. The van der Waals surface area contributed by atoms with Crippen LogP contribution in [0.5, 0.6) is 0 Å². The highest BCUT2D eigenvalue weighted by atomic mass is 32.2. The fraction of sp³-hybridized carbons (Fsp3) is 0.0500. The van der Waals surface area contributed by atoms with Gasteiger partial charge in [0.05, 0.1) is 47.8 Å². The molecule has 0 radical (unpaired) electrons. The highest BCUT2D eigenvalue weighted by molar-refractivity contribution is 7.99. The molecule has 4 aromatic carbocycles. The lowest BCUT2D eigenvalue weighted by atomic mass is 10.2. The summed E-state index contributed by atoms with van der Waals surface area (Å²) < 4.78 is 80.5. The molecule has 0 saturated heterocycles. The molecule has 0 unspecified atom stereocenters. The normalized spacial score (nSPS) is 11.0. The number of aromatic nitrogens is 16. The molecule has 0 saturated carbocycles. The second kappa shape index (κ2) is 25.5. The van der Waals surface area contributed by atoms with Gasteiger partial charge in [-0.2, -0.15) is 15.3 Å². The standard InChI is InChI=1S/C23H16FN5O2S.C20H13FN6O3.C17H12F2N6O/c24-17-9-5-4-6-15(17)14-29-20(18-10-11-31-28-18)12-19(27-29)22-25-13-21(23(30)26-22)32-16-7-2-1-3-8-16;21-14-4-2-1-3-12(14)11-27-17(15-5-7-30-26-15)9-16(25-27)18-23-10-13(19(28)24-18)20-22-6-8-29-20;18-11-3-1-2-10(16(11)19)9-25-14(12-5-7-26-24-12)8-13(23-25)17-21-6-4-15(20)22-17/h1-13H,14H2,(H,25,26,30);1-10H,11H2,(H,23,24,28);1-8H,9H2,(H2,20,21,22). The number of hydrogen-bond acceptors (Lipinski definition) is 19. The molecule has 0 aliphatic rings. The zero-order chi connectivity index (χ0) is 60.5. The average Bonchev–Trinajstić information content (AvgIpc) is 3.49. The number of nitrogens with one attached hydrogen (secondary N) is 2. The molecule has 10 heterocycles. The van der Waals surface area contributed by atoms with Crippen molar-refractivity contribution in [2.75, 3.05) is 5.73 Å². The van der Waals surface area contributed by atoms with Gasteiger partial charge in [0, 0.05) is 58.4 Å². The molecule has 4 N–H and O–H groups in total. The third-order valence-electron chi connectivity index (χ3n) is 12.9. The predicted molar refractivity (Wildman–Crippen MR) is 309 cm³/mol.